The molecule has 0 fully saturated rings. The highest BCUT2D eigenvalue weighted by Gasteiger charge is 2.02. The molecule has 1 N–H and O–H groups in total. The summed E-state index contributed by atoms with van der Waals surface area (Å²) in [6.45, 7) is 0.501. The Hall–Kier alpha value is -1.57. The number of nitriles is 1. The molecule has 0 aliphatic carbocycles. The number of hydrogen-bond donors (Lipinski definition) is 1. The van der Waals surface area contributed by atoms with Gasteiger partial charge in [-0.15, -0.1) is 0 Å². The molecule has 2 nitrogen and oxygen atoms in total. The molecule has 0 spiro atoms. The lowest BCUT2D eigenvalue weighted by molar-refractivity contribution is 0.627. The number of hydrogen-bond acceptors (Lipinski definition) is 2. The topological polar surface area (TPSA) is 35.8 Å². The van der Waals surface area contributed by atoms with E-state index in [-0.39, 0.29) is 5.02 Å². The minimum Gasteiger partial charge on any atom is -0.381 e. The lowest BCUT2D eigenvalue weighted by Gasteiger charge is -2.08. The molecule has 0 saturated heterocycles. The van der Waals surface area contributed by atoms with E-state index in [0.717, 1.165) is 15.7 Å². The van der Waals surface area contributed by atoms with Crippen LogP contribution < -0.4 is 5.32 Å². The maximum absolute atomic E-state index is 13.0. The summed E-state index contributed by atoms with van der Waals surface area (Å²) < 4.78 is 13.8. The molecule has 0 radical (unpaired) electrons. The number of halogens is 3. The van der Waals surface area contributed by atoms with Gasteiger partial charge in [0.05, 0.1) is 16.7 Å². The molecule has 0 aromatic heterocycles. The van der Waals surface area contributed by atoms with Crippen LogP contribution in [0.4, 0.5) is 10.1 Å². The van der Waals surface area contributed by atoms with Gasteiger partial charge in [0.25, 0.3) is 0 Å². The molecular formula is C14H9BrClFN2. The molecule has 2 aromatic rings. The minimum atomic E-state index is -0.431. The van der Waals surface area contributed by atoms with Crippen molar-refractivity contribution in [3.63, 3.8) is 0 Å². The quantitative estimate of drug-likeness (QED) is 0.878. The Morgan fingerprint density at radius 1 is 1.26 bits per heavy atom. The first-order valence-corrected chi connectivity index (χ1v) is 6.64. The van der Waals surface area contributed by atoms with Gasteiger partial charge in [0.2, 0.25) is 0 Å². The Morgan fingerprint density at radius 3 is 2.74 bits per heavy atom. The third-order valence-electron chi connectivity index (χ3n) is 2.51. The highest BCUT2D eigenvalue weighted by Crippen LogP contribution is 2.21. The maximum Gasteiger partial charge on any atom is 0.141 e. The first-order valence-electron chi connectivity index (χ1n) is 5.47. The molecule has 0 amide bonds. The van der Waals surface area contributed by atoms with Gasteiger partial charge in [0.15, 0.2) is 0 Å². The van der Waals surface area contributed by atoms with Crippen molar-refractivity contribution in [1.29, 1.82) is 5.26 Å². The fraction of sp³-hybridized carbons (Fsp3) is 0.0714. The first kappa shape index (κ1) is 13.9. The molecule has 19 heavy (non-hydrogen) atoms. The van der Waals surface area contributed by atoms with Crippen LogP contribution in [0.25, 0.3) is 0 Å². The number of nitrogens with zero attached hydrogens (tertiary/aromatic N) is 1. The van der Waals surface area contributed by atoms with E-state index in [4.69, 9.17) is 16.9 Å². The van der Waals surface area contributed by atoms with Crippen LogP contribution in [0.2, 0.25) is 5.02 Å². The van der Waals surface area contributed by atoms with E-state index in [9.17, 15) is 4.39 Å². The molecule has 2 rings (SSSR count). The van der Waals surface area contributed by atoms with E-state index in [0.29, 0.717) is 12.1 Å². The molecule has 0 heterocycles. The summed E-state index contributed by atoms with van der Waals surface area (Å²) in [7, 11) is 0. The van der Waals surface area contributed by atoms with Crippen molar-refractivity contribution in [2.24, 2.45) is 0 Å². The van der Waals surface area contributed by atoms with Crippen LogP contribution >= 0.6 is 27.5 Å². The van der Waals surface area contributed by atoms with E-state index >= 15 is 0 Å². The normalized spacial score (nSPS) is 10.0. The second-order valence-electron chi connectivity index (χ2n) is 3.94. The summed E-state index contributed by atoms with van der Waals surface area (Å²) >= 11 is 9.05. The molecule has 0 bridgehead atoms. The maximum atomic E-state index is 13.0. The zero-order valence-electron chi connectivity index (χ0n) is 9.75. The van der Waals surface area contributed by atoms with Crippen LogP contribution in [0.15, 0.2) is 40.9 Å². The smallest absolute Gasteiger partial charge is 0.141 e. The van der Waals surface area contributed by atoms with Crippen LogP contribution in [-0.4, -0.2) is 0 Å². The van der Waals surface area contributed by atoms with E-state index < -0.39 is 5.82 Å². The molecule has 2 aromatic carbocycles. The number of nitrogens with one attached hydrogen (secondary N) is 1. The summed E-state index contributed by atoms with van der Waals surface area (Å²) in [4.78, 5) is 0. The van der Waals surface area contributed by atoms with Gasteiger partial charge in [-0.25, -0.2) is 4.39 Å². The Kier molecular flexibility index (Phi) is 4.41. The summed E-state index contributed by atoms with van der Waals surface area (Å²) in [5.74, 6) is -0.431. The highest BCUT2D eigenvalue weighted by molar-refractivity contribution is 9.10. The number of anilines is 1. The first-order chi connectivity index (χ1) is 9.08. The fourth-order valence-electron chi connectivity index (χ4n) is 1.61. The molecule has 0 atom stereocenters. The largest absolute Gasteiger partial charge is 0.381 e. The van der Waals surface area contributed by atoms with Crippen LogP contribution in [-0.2, 0) is 6.54 Å². The van der Waals surface area contributed by atoms with Crippen LogP contribution in [0.3, 0.4) is 0 Å². The van der Waals surface area contributed by atoms with Crippen molar-refractivity contribution < 1.29 is 4.39 Å². The second kappa shape index (κ2) is 6.05. The van der Waals surface area contributed by atoms with Crippen LogP contribution in [0.5, 0.6) is 0 Å². The summed E-state index contributed by atoms with van der Waals surface area (Å²) in [5.41, 5.74) is 2.24. The van der Waals surface area contributed by atoms with Crippen molar-refractivity contribution in [3.8, 4) is 6.07 Å². The van der Waals surface area contributed by atoms with Crippen LogP contribution in [0, 0.1) is 17.1 Å². The molecule has 0 aliphatic heterocycles. The lowest BCUT2D eigenvalue weighted by atomic mass is 10.2. The zero-order chi connectivity index (χ0) is 13.8. The fourth-order valence-corrected chi connectivity index (χ4v) is 2.31. The minimum absolute atomic E-state index is 0.103. The average Bonchev–Trinajstić information content (AvgIpc) is 2.39. The molecule has 5 heteroatoms. The van der Waals surface area contributed by atoms with Gasteiger partial charge >= 0.3 is 0 Å². The third-order valence-corrected chi connectivity index (χ3v) is 3.26. The average molecular weight is 340 g/mol. The SMILES string of the molecule is N#Cc1cc(Br)cc(NCc2ccc(F)c(Cl)c2)c1. The standard InChI is InChI=1S/C14H9BrClFN2/c15-11-3-10(7-18)4-12(6-11)19-8-9-1-2-14(17)13(16)5-9/h1-6,19H,8H2. The molecule has 0 saturated carbocycles. The lowest BCUT2D eigenvalue weighted by Crippen LogP contribution is -2.00. The van der Waals surface area contributed by atoms with E-state index in [1.807, 2.05) is 6.07 Å². The van der Waals surface area contributed by atoms with Gasteiger partial charge in [-0.1, -0.05) is 33.6 Å². The number of benzene rings is 2. The monoisotopic (exact) mass is 338 g/mol. The third kappa shape index (κ3) is 3.69. The predicted octanol–water partition coefficient (Wildman–Crippen LogP) is 4.73. The van der Waals surface area contributed by atoms with Gasteiger partial charge < -0.3 is 5.32 Å². The Balaban J connectivity index is 2.12. The summed E-state index contributed by atoms with van der Waals surface area (Å²) in [5, 5.41) is 12.1. The zero-order valence-corrected chi connectivity index (χ0v) is 12.1. The molecule has 96 valence electrons. The second-order valence-corrected chi connectivity index (χ2v) is 5.27. The van der Waals surface area contributed by atoms with E-state index in [2.05, 4.69) is 27.3 Å². The predicted molar refractivity (Wildman–Crippen MR) is 77.6 cm³/mol. The Bertz CT molecular complexity index is 652. The van der Waals surface area contributed by atoms with E-state index in [1.165, 1.54) is 6.07 Å². The van der Waals surface area contributed by atoms with Gasteiger partial charge in [-0.2, -0.15) is 5.26 Å². The van der Waals surface area contributed by atoms with Gasteiger partial charge in [0.1, 0.15) is 5.82 Å². The van der Waals surface area contributed by atoms with Crippen molar-refractivity contribution in [2.45, 2.75) is 6.54 Å². The Labute approximate surface area is 123 Å². The number of rotatable bonds is 3. The highest BCUT2D eigenvalue weighted by atomic mass is 79.9. The molecule has 0 aliphatic rings. The van der Waals surface area contributed by atoms with Crippen molar-refractivity contribution in [1.82, 2.24) is 0 Å². The van der Waals surface area contributed by atoms with Crippen molar-refractivity contribution in [2.75, 3.05) is 5.32 Å². The van der Waals surface area contributed by atoms with Crippen molar-refractivity contribution in [3.05, 3.63) is 62.8 Å². The molecular weight excluding hydrogens is 331 g/mol. The van der Waals surface area contributed by atoms with Gasteiger partial charge in [-0.05, 0) is 35.9 Å². The van der Waals surface area contributed by atoms with Gasteiger partial charge in [-0.3, -0.25) is 0 Å². The summed E-state index contributed by atoms with van der Waals surface area (Å²) in [6.07, 6.45) is 0. The summed E-state index contributed by atoms with van der Waals surface area (Å²) in [6, 6.07) is 12.0. The molecule has 0 unspecified atom stereocenters. The van der Waals surface area contributed by atoms with E-state index in [1.54, 1.807) is 24.3 Å². The van der Waals surface area contributed by atoms with Crippen molar-refractivity contribution >= 4 is 33.2 Å². The van der Waals surface area contributed by atoms with Crippen LogP contribution in [0.1, 0.15) is 11.1 Å². The van der Waals surface area contributed by atoms with Gasteiger partial charge in [0, 0.05) is 16.7 Å². The Morgan fingerprint density at radius 2 is 2.05 bits per heavy atom.